The van der Waals surface area contributed by atoms with Crippen molar-refractivity contribution in [3.63, 3.8) is 0 Å². The van der Waals surface area contributed by atoms with Crippen molar-refractivity contribution in [3.8, 4) is 5.75 Å². The molecule has 0 saturated heterocycles. The molecule has 3 N–H and O–H groups in total. The van der Waals surface area contributed by atoms with Crippen LogP contribution in [0.15, 0.2) is 83.9 Å². The maximum Gasteiger partial charge on any atom is 0.317 e. The Morgan fingerprint density at radius 2 is 1.71 bits per heavy atom. The van der Waals surface area contributed by atoms with Crippen LogP contribution < -0.4 is 20.7 Å². The molecule has 0 bridgehead atoms. The Labute approximate surface area is 180 Å². The summed E-state index contributed by atoms with van der Waals surface area (Å²) in [7, 11) is 1.60. The molecule has 0 aliphatic carbocycles. The minimum absolute atomic E-state index is 0.305. The van der Waals surface area contributed by atoms with E-state index in [1.165, 1.54) is 0 Å². The molecule has 4 rings (SSSR count). The summed E-state index contributed by atoms with van der Waals surface area (Å²) in [5, 5.41) is 8.28. The van der Waals surface area contributed by atoms with Gasteiger partial charge in [-0.2, -0.15) is 0 Å². The third kappa shape index (κ3) is 4.72. The topological polar surface area (TPSA) is 91.8 Å². The second-order valence-corrected chi connectivity index (χ2v) is 6.96. The van der Waals surface area contributed by atoms with Crippen molar-refractivity contribution in [2.24, 2.45) is 4.99 Å². The molecule has 7 heteroatoms. The van der Waals surface area contributed by atoms with Crippen LogP contribution in [0.5, 0.6) is 5.75 Å². The molecule has 1 atom stereocenters. The molecule has 3 aromatic carbocycles. The molecule has 1 aliphatic heterocycles. The smallest absolute Gasteiger partial charge is 0.317 e. The summed E-state index contributed by atoms with van der Waals surface area (Å²) >= 11 is 0. The maximum atomic E-state index is 12.8. The van der Waals surface area contributed by atoms with Gasteiger partial charge in [-0.3, -0.25) is 4.79 Å². The number of para-hydroxylation sites is 1. The highest BCUT2D eigenvalue weighted by Crippen LogP contribution is 2.23. The number of hydrogen-bond donors (Lipinski definition) is 3. The van der Waals surface area contributed by atoms with Gasteiger partial charge in [0.1, 0.15) is 5.75 Å². The largest absolute Gasteiger partial charge is 0.497 e. The number of benzodiazepines with no additional fused rings is 1. The number of amides is 3. The van der Waals surface area contributed by atoms with Crippen molar-refractivity contribution in [1.82, 2.24) is 10.6 Å². The maximum absolute atomic E-state index is 12.8. The first-order valence-electron chi connectivity index (χ1n) is 9.85. The van der Waals surface area contributed by atoms with Crippen LogP contribution >= 0.6 is 0 Å². The van der Waals surface area contributed by atoms with Gasteiger partial charge in [-0.05, 0) is 23.8 Å². The summed E-state index contributed by atoms with van der Waals surface area (Å²) in [6, 6.07) is 23.9. The van der Waals surface area contributed by atoms with Crippen LogP contribution in [0.25, 0.3) is 0 Å². The van der Waals surface area contributed by atoms with Gasteiger partial charge in [0.25, 0.3) is 5.91 Å². The van der Waals surface area contributed by atoms with Crippen molar-refractivity contribution in [1.29, 1.82) is 0 Å². The lowest BCUT2D eigenvalue weighted by molar-refractivity contribution is -0.117. The Morgan fingerprint density at radius 1 is 1.00 bits per heavy atom. The fourth-order valence-electron chi connectivity index (χ4n) is 3.28. The molecule has 3 amide bonds. The van der Waals surface area contributed by atoms with Crippen LogP contribution in [0.1, 0.15) is 16.7 Å². The third-order valence-electron chi connectivity index (χ3n) is 4.87. The number of fused-ring (bicyclic) bond motifs is 1. The van der Waals surface area contributed by atoms with Gasteiger partial charge in [-0.25, -0.2) is 9.79 Å². The van der Waals surface area contributed by atoms with Gasteiger partial charge in [-0.15, -0.1) is 0 Å². The van der Waals surface area contributed by atoms with E-state index in [0.29, 0.717) is 17.9 Å². The van der Waals surface area contributed by atoms with E-state index in [1.54, 1.807) is 7.11 Å². The first-order chi connectivity index (χ1) is 15.1. The predicted molar refractivity (Wildman–Crippen MR) is 119 cm³/mol. The molecule has 7 nitrogen and oxygen atoms in total. The lowest BCUT2D eigenvalue weighted by atomic mass is 10.0. The minimum atomic E-state index is -1.07. The zero-order valence-electron chi connectivity index (χ0n) is 17.0. The number of methoxy groups -OCH3 is 1. The van der Waals surface area contributed by atoms with Crippen molar-refractivity contribution in [2.75, 3.05) is 12.4 Å². The van der Waals surface area contributed by atoms with Crippen LogP contribution in [0.4, 0.5) is 10.5 Å². The highest BCUT2D eigenvalue weighted by atomic mass is 16.5. The van der Waals surface area contributed by atoms with Crippen molar-refractivity contribution in [3.05, 3.63) is 95.6 Å². The van der Waals surface area contributed by atoms with Gasteiger partial charge in [0.05, 0.1) is 18.5 Å². The fraction of sp³-hybridized carbons (Fsp3) is 0.125. The molecular weight excluding hydrogens is 392 g/mol. The zero-order chi connectivity index (χ0) is 21.6. The molecule has 1 heterocycles. The monoisotopic (exact) mass is 414 g/mol. The Bertz CT molecular complexity index is 1110. The fourth-order valence-corrected chi connectivity index (χ4v) is 3.28. The van der Waals surface area contributed by atoms with Gasteiger partial charge in [-0.1, -0.05) is 60.7 Å². The summed E-state index contributed by atoms with van der Waals surface area (Å²) in [4.78, 5) is 29.8. The number of nitrogens with one attached hydrogen (secondary N) is 3. The zero-order valence-corrected chi connectivity index (χ0v) is 17.0. The second kappa shape index (κ2) is 9.13. The summed E-state index contributed by atoms with van der Waals surface area (Å²) in [6.45, 7) is 0.305. The Balaban J connectivity index is 1.53. The number of carbonyl (C=O) groups is 2. The first kappa shape index (κ1) is 20.2. The van der Waals surface area contributed by atoms with E-state index in [9.17, 15) is 9.59 Å². The quantitative estimate of drug-likeness (QED) is 0.598. The SMILES string of the molecule is COc1ccc(CNC(=O)NC2N=C(c3ccccc3)c3ccccc3NC2=O)cc1. The summed E-state index contributed by atoms with van der Waals surface area (Å²) < 4.78 is 5.13. The van der Waals surface area contributed by atoms with E-state index in [-0.39, 0.29) is 0 Å². The third-order valence-corrected chi connectivity index (χ3v) is 4.87. The van der Waals surface area contributed by atoms with E-state index < -0.39 is 18.1 Å². The van der Waals surface area contributed by atoms with Crippen LogP contribution in [-0.2, 0) is 11.3 Å². The standard InChI is InChI=1S/C24H22N4O3/c1-31-18-13-11-16(12-14-18)15-25-24(30)28-22-23(29)26-20-10-6-5-9-19(20)21(27-22)17-7-3-2-4-8-17/h2-14,22H,15H2,1H3,(H,26,29)(H2,25,28,30). The molecule has 0 aromatic heterocycles. The van der Waals surface area contributed by atoms with Crippen LogP contribution in [0, 0.1) is 0 Å². The van der Waals surface area contributed by atoms with Gasteiger partial charge in [0, 0.05) is 17.7 Å². The van der Waals surface area contributed by atoms with Crippen LogP contribution in [-0.4, -0.2) is 30.9 Å². The molecule has 1 unspecified atom stereocenters. The lowest BCUT2D eigenvalue weighted by Gasteiger charge is -2.14. The van der Waals surface area contributed by atoms with E-state index in [2.05, 4.69) is 20.9 Å². The average Bonchev–Trinajstić information content (AvgIpc) is 2.95. The molecule has 156 valence electrons. The Hall–Kier alpha value is -4.13. The lowest BCUT2D eigenvalue weighted by Crippen LogP contribution is -2.46. The highest BCUT2D eigenvalue weighted by molar-refractivity contribution is 6.19. The first-order valence-corrected chi connectivity index (χ1v) is 9.85. The molecule has 0 saturated carbocycles. The van der Waals surface area contributed by atoms with Gasteiger partial charge in [0.15, 0.2) is 0 Å². The number of ether oxygens (including phenoxy) is 1. The van der Waals surface area contributed by atoms with Crippen molar-refractivity contribution in [2.45, 2.75) is 12.7 Å². The summed E-state index contributed by atoms with van der Waals surface area (Å²) in [5.41, 5.74) is 3.84. The molecule has 0 fully saturated rings. The number of carbonyl (C=O) groups excluding carboxylic acids is 2. The minimum Gasteiger partial charge on any atom is -0.497 e. The van der Waals surface area contributed by atoms with E-state index in [4.69, 9.17) is 4.74 Å². The summed E-state index contributed by atoms with van der Waals surface area (Å²) in [5.74, 6) is 0.337. The van der Waals surface area contributed by atoms with Crippen molar-refractivity contribution >= 4 is 23.3 Å². The number of benzene rings is 3. The molecule has 1 aliphatic rings. The summed E-state index contributed by atoms with van der Waals surface area (Å²) in [6.07, 6.45) is -1.07. The molecular formula is C24H22N4O3. The van der Waals surface area contributed by atoms with E-state index in [0.717, 1.165) is 22.4 Å². The number of hydrogen-bond acceptors (Lipinski definition) is 4. The Morgan fingerprint density at radius 3 is 2.45 bits per heavy atom. The molecule has 0 radical (unpaired) electrons. The van der Waals surface area contributed by atoms with Gasteiger partial charge in [0.2, 0.25) is 6.17 Å². The van der Waals surface area contributed by atoms with Crippen LogP contribution in [0.3, 0.4) is 0 Å². The van der Waals surface area contributed by atoms with Gasteiger partial charge < -0.3 is 20.7 Å². The Kier molecular flexibility index (Phi) is 5.93. The highest BCUT2D eigenvalue weighted by Gasteiger charge is 2.26. The molecule has 3 aromatic rings. The number of nitrogens with zero attached hydrogens (tertiary/aromatic N) is 1. The van der Waals surface area contributed by atoms with Crippen LogP contribution in [0.2, 0.25) is 0 Å². The second-order valence-electron chi connectivity index (χ2n) is 6.96. The van der Waals surface area contributed by atoms with Gasteiger partial charge >= 0.3 is 6.03 Å². The predicted octanol–water partition coefficient (Wildman–Crippen LogP) is 3.31. The molecule has 31 heavy (non-hydrogen) atoms. The van der Waals surface area contributed by atoms with E-state index in [1.807, 2.05) is 78.9 Å². The van der Waals surface area contributed by atoms with E-state index >= 15 is 0 Å². The number of rotatable bonds is 5. The number of anilines is 1. The number of aliphatic imine (C=N–C) groups is 1. The normalized spacial score (nSPS) is 15.1. The number of urea groups is 1. The molecule has 0 spiro atoms. The van der Waals surface area contributed by atoms with Crippen molar-refractivity contribution < 1.29 is 14.3 Å². The average molecular weight is 414 g/mol.